The van der Waals surface area contributed by atoms with Crippen LogP contribution in [0.25, 0.3) is 0 Å². The number of halogens is 1. The van der Waals surface area contributed by atoms with Crippen molar-refractivity contribution in [3.63, 3.8) is 0 Å². The summed E-state index contributed by atoms with van der Waals surface area (Å²) in [6, 6.07) is 11.7. The van der Waals surface area contributed by atoms with Crippen molar-refractivity contribution in [3.05, 3.63) is 54.4 Å². The van der Waals surface area contributed by atoms with Crippen LogP contribution in [0.4, 0.5) is 0 Å². The molecule has 0 atom stereocenters. The average Bonchev–Trinajstić information content (AvgIpc) is 3.26. The van der Waals surface area contributed by atoms with Crippen molar-refractivity contribution in [2.24, 2.45) is 0 Å². The number of piperidine rings is 1. The van der Waals surface area contributed by atoms with Gasteiger partial charge in [-0.1, -0.05) is 30.3 Å². The van der Waals surface area contributed by atoms with Gasteiger partial charge in [0.1, 0.15) is 5.54 Å². The molecule has 8 heteroatoms. The van der Waals surface area contributed by atoms with Crippen LogP contribution in [0.5, 0.6) is 0 Å². The molecule has 0 spiro atoms. The van der Waals surface area contributed by atoms with Gasteiger partial charge in [0.2, 0.25) is 11.8 Å². The fraction of sp³-hybridized carbons (Fsp3) is 0.450. The Bertz CT molecular complexity index is 745. The number of hydrogen-bond acceptors (Lipinski definition) is 4. The Balaban J connectivity index is 0.00000280. The first-order chi connectivity index (χ1) is 13.2. The molecule has 0 aliphatic carbocycles. The van der Waals surface area contributed by atoms with E-state index in [4.69, 9.17) is 0 Å². The summed E-state index contributed by atoms with van der Waals surface area (Å²) in [5.41, 5.74) is 0.344. The Morgan fingerprint density at radius 2 is 1.93 bits per heavy atom. The average molecular weight is 406 g/mol. The molecule has 2 N–H and O–H groups in total. The molecule has 2 heterocycles. The van der Waals surface area contributed by atoms with Gasteiger partial charge in [0, 0.05) is 25.5 Å². The molecule has 0 unspecified atom stereocenters. The molecule has 1 fully saturated rings. The van der Waals surface area contributed by atoms with Crippen LogP contribution in [-0.2, 0) is 21.7 Å². The van der Waals surface area contributed by atoms with E-state index in [-0.39, 0.29) is 30.8 Å². The molecule has 2 aromatic rings. The monoisotopic (exact) mass is 405 g/mol. The van der Waals surface area contributed by atoms with E-state index in [0.717, 1.165) is 18.7 Å². The van der Waals surface area contributed by atoms with Crippen LogP contribution >= 0.6 is 12.4 Å². The topological polar surface area (TPSA) is 79.3 Å². The van der Waals surface area contributed by atoms with E-state index >= 15 is 0 Å². The van der Waals surface area contributed by atoms with Gasteiger partial charge in [0.25, 0.3) is 0 Å². The number of rotatable bonds is 7. The maximum absolute atomic E-state index is 13.0. The van der Waals surface area contributed by atoms with Crippen molar-refractivity contribution in [1.29, 1.82) is 0 Å². The summed E-state index contributed by atoms with van der Waals surface area (Å²) in [4.78, 5) is 27.4. The summed E-state index contributed by atoms with van der Waals surface area (Å²) in [5, 5.41) is 10.4. The van der Waals surface area contributed by atoms with Crippen LogP contribution in [-0.4, -0.2) is 52.7 Å². The molecule has 0 radical (unpaired) electrons. The minimum atomic E-state index is -0.731. The Morgan fingerprint density at radius 1 is 1.21 bits per heavy atom. The van der Waals surface area contributed by atoms with Gasteiger partial charge in [0.15, 0.2) is 0 Å². The standard InChI is InChI=1S/C20H27N5O2.ClH/c1-2-24(16-17-7-4-3-5-8-17)18(26)15-22-19(27)20(9-12-21-13-10-20)25-14-6-11-23-25;/h3-8,11,14,21H,2,9-10,12-13,15-16H2,1H3,(H,22,27);1H. The molecule has 1 aromatic heterocycles. The van der Waals surface area contributed by atoms with Crippen LogP contribution in [0.15, 0.2) is 48.8 Å². The third kappa shape index (κ3) is 4.91. The van der Waals surface area contributed by atoms with Crippen molar-refractivity contribution < 1.29 is 9.59 Å². The van der Waals surface area contributed by atoms with Gasteiger partial charge in [-0.2, -0.15) is 5.10 Å². The number of likely N-dealkylation sites (N-methyl/N-ethyl adjacent to an activating group) is 1. The molecule has 1 aliphatic heterocycles. The molecule has 7 nitrogen and oxygen atoms in total. The van der Waals surface area contributed by atoms with E-state index < -0.39 is 5.54 Å². The zero-order chi connectivity index (χ0) is 19.1. The highest BCUT2D eigenvalue weighted by Gasteiger charge is 2.42. The third-order valence-corrected chi connectivity index (χ3v) is 5.15. The van der Waals surface area contributed by atoms with Gasteiger partial charge in [-0.15, -0.1) is 12.4 Å². The first-order valence-electron chi connectivity index (χ1n) is 9.46. The van der Waals surface area contributed by atoms with Crippen LogP contribution in [0.1, 0.15) is 25.3 Å². The van der Waals surface area contributed by atoms with Crippen molar-refractivity contribution >= 4 is 24.2 Å². The van der Waals surface area contributed by atoms with E-state index in [1.54, 1.807) is 15.8 Å². The van der Waals surface area contributed by atoms with Gasteiger partial charge in [-0.3, -0.25) is 14.3 Å². The number of aromatic nitrogens is 2. The molecule has 3 rings (SSSR count). The Labute approximate surface area is 171 Å². The molecular formula is C20H28ClN5O2. The molecule has 0 bridgehead atoms. The maximum Gasteiger partial charge on any atom is 0.248 e. The Kier molecular flexibility index (Phi) is 8.02. The molecule has 2 amide bonds. The lowest BCUT2D eigenvalue weighted by atomic mass is 9.87. The largest absolute Gasteiger partial charge is 0.345 e. The molecule has 1 aliphatic rings. The molecule has 152 valence electrons. The van der Waals surface area contributed by atoms with Crippen LogP contribution in [0.3, 0.4) is 0 Å². The number of carbonyl (C=O) groups excluding carboxylic acids is 2. The van der Waals surface area contributed by atoms with Crippen molar-refractivity contribution in [3.8, 4) is 0 Å². The fourth-order valence-corrected chi connectivity index (χ4v) is 3.53. The number of benzene rings is 1. The first kappa shape index (κ1) is 21.9. The Morgan fingerprint density at radius 3 is 2.54 bits per heavy atom. The van der Waals surface area contributed by atoms with Gasteiger partial charge in [-0.25, -0.2) is 0 Å². The van der Waals surface area contributed by atoms with E-state index in [0.29, 0.717) is 25.9 Å². The zero-order valence-corrected chi connectivity index (χ0v) is 17.0. The van der Waals surface area contributed by atoms with Crippen molar-refractivity contribution in [1.82, 2.24) is 25.3 Å². The first-order valence-corrected chi connectivity index (χ1v) is 9.46. The maximum atomic E-state index is 13.0. The molecule has 1 aromatic carbocycles. The quantitative estimate of drug-likeness (QED) is 0.732. The smallest absolute Gasteiger partial charge is 0.248 e. The zero-order valence-electron chi connectivity index (χ0n) is 16.1. The highest BCUT2D eigenvalue weighted by molar-refractivity contribution is 5.89. The van der Waals surface area contributed by atoms with E-state index in [2.05, 4.69) is 15.7 Å². The highest BCUT2D eigenvalue weighted by atomic mass is 35.5. The number of hydrogen-bond donors (Lipinski definition) is 2. The predicted octanol–water partition coefficient (Wildman–Crippen LogP) is 1.55. The lowest BCUT2D eigenvalue weighted by Gasteiger charge is -2.36. The minimum Gasteiger partial charge on any atom is -0.345 e. The molecule has 1 saturated heterocycles. The summed E-state index contributed by atoms with van der Waals surface area (Å²) in [5.74, 6) is -0.226. The third-order valence-electron chi connectivity index (χ3n) is 5.15. The molecular weight excluding hydrogens is 378 g/mol. The predicted molar refractivity (Wildman–Crippen MR) is 110 cm³/mol. The highest BCUT2D eigenvalue weighted by Crippen LogP contribution is 2.27. The number of nitrogens with one attached hydrogen (secondary N) is 2. The lowest BCUT2D eigenvalue weighted by Crippen LogP contribution is -2.56. The van der Waals surface area contributed by atoms with Gasteiger partial charge in [-0.05, 0) is 44.5 Å². The summed E-state index contributed by atoms with van der Waals surface area (Å²) in [6.07, 6.45) is 4.80. The normalized spacial score (nSPS) is 15.3. The molecule has 28 heavy (non-hydrogen) atoms. The van der Waals surface area contributed by atoms with E-state index in [1.165, 1.54) is 0 Å². The van der Waals surface area contributed by atoms with Gasteiger partial charge in [0.05, 0.1) is 6.54 Å². The molecule has 0 saturated carbocycles. The van der Waals surface area contributed by atoms with Crippen molar-refractivity contribution in [2.75, 3.05) is 26.2 Å². The number of carbonyl (C=O) groups is 2. The summed E-state index contributed by atoms with van der Waals surface area (Å²) < 4.78 is 1.73. The van der Waals surface area contributed by atoms with Crippen LogP contribution < -0.4 is 10.6 Å². The second-order valence-corrected chi connectivity index (χ2v) is 6.81. The van der Waals surface area contributed by atoms with E-state index in [1.807, 2.05) is 49.5 Å². The van der Waals surface area contributed by atoms with Crippen molar-refractivity contribution in [2.45, 2.75) is 31.8 Å². The number of amides is 2. The summed E-state index contributed by atoms with van der Waals surface area (Å²) in [7, 11) is 0. The second-order valence-electron chi connectivity index (χ2n) is 6.81. The SMILES string of the molecule is CCN(Cc1ccccc1)C(=O)CNC(=O)C1(n2cccn2)CCNCC1.Cl. The van der Waals surface area contributed by atoms with Gasteiger partial charge < -0.3 is 15.5 Å². The van der Waals surface area contributed by atoms with Crippen LogP contribution in [0, 0.1) is 0 Å². The van der Waals surface area contributed by atoms with Gasteiger partial charge >= 0.3 is 0 Å². The van der Waals surface area contributed by atoms with E-state index in [9.17, 15) is 9.59 Å². The fourth-order valence-electron chi connectivity index (χ4n) is 3.53. The summed E-state index contributed by atoms with van der Waals surface area (Å²) in [6.45, 7) is 4.57. The van der Waals surface area contributed by atoms with Crippen LogP contribution in [0.2, 0.25) is 0 Å². The Hall–Kier alpha value is -2.38. The summed E-state index contributed by atoms with van der Waals surface area (Å²) >= 11 is 0. The lowest BCUT2D eigenvalue weighted by molar-refractivity contribution is -0.137. The second kappa shape index (κ2) is 10.2. The number of nitrogens with zero attached hydrogens (tertiary/aromatic N) is 3. The minimum absolute atomic E-state index is 0.